The molecule has 3 aromatic carbocycles. The summed E-state index contributed by atoms with van der Waals surface area (Å²) in [6.45, 7) is 1.80. The molecule has 0 radical (unpaired) electrons. The molecule has 0 aliphatic heterocycles. The number of rotatable bonds is 11. The van der Waals surface area contributed by atoms with E-state index in [9.17, 15) is 19.5 Å². The molecule has 216 valence electrons. The van der Waals surface area contributed by atoms with Crippen molar-refractivity contribution in [2.24, 2.45) is 7.05 Å². The fraction of sp³-hybridized carbons (Fsp3) is 0.250. The fourth-order valence-corrected chi connectivity index (χ4v) is 5.21. The predicted octanol–water partition coefficient (Wildman–Crippen LogP) is 4.17. The van der Waals surface area contributed by atoms with E-state index in [1.54, 1.807) is 20.0 Å². The van der Waals surface area contributed by atoms with Crippen molar-refractivity contribution in [2.75, 3.05) is 6.61 Å². The molecule has 42 heavy (non-hydrogen) atoms. The number of aliphatic carboxylic acids is 1. The van der Waals surface area contributed by atoms with Gasteiger partial charge in [0.25, 0.3) is 0 Å². The molecule has 3 atom stereocenters. The van der Waals surface area contributed by atoms with Crippen LogP contribution < -0.4 is 10.6 Å². The molecule has 3 N–H and O–H groups in total. The van der Waals surface area contributed by atoms with Crippen molar-refractivity contribution < 1.29 is 29.0 Å². The van der Waals surface area contributed by atoms with E-state index in [1.165, 1.54) is 10.9 Å². The number of carbonyl (C=O) groups excluding carboxylic acids is 2. The Balaban J connectivity index is 1.27. The topological polar surface area (TPSA) is 132 Å². The summed E-state index contributed by atoms with van der Waals surface area (Å²) in [4.78, 5) is 38.7. The van der Waals surface area contributed by atoms with Crippen LogP contribution in [0, 0.1) is 0 Å². The second-order valence-electron chi connectivity index (χ2n) is 10.1. The van der Waals surface area contributed by atoms with Crippen LogP contribution in [-0.2, 0) is 32.7 Å². The van der Waals surface area contributed by atoms with Gasteiger partial charge in [-0.2, -0.15) is 5.10 Å². The van der Waals surface area contributed by atoms with Gasteiger partial charge in [-0.1, -0.05) is 78.9 Å². The molecule has 1 heterocycles. The van der Waals surface area contributed by atoms with Gasteiger partial charge in [0.15, 0.2) is 12.1 Å². The normalized spacial score (nSPS) is 14.2. The zero-order chi connectivity index (χ0) is 29.6. The van der Waals surface area contributed by atoms with Crippen molar-refractivity contribution in [1.29, 1.82) is 0 Å². The largest absolute Gasteiger partial charge is 0.480 e. The van der Waals surface area contributed by atoms with Gasteiger partial charge in [0.2, 0.25) is 5.91 Å². The van der Waals surface area contributed by atoms with Crippen LogP contribution in [0.1, 0.15) is 41.3 Å². The van der Waals surface area contributed by atoms with Gasteiger partial charge in [-0.05, 0) is 40.8 Å². The molecule has 1 aliphatic carbocycles. The number of carboxylic acids is 1. The van der Waals surface area contributed by atoms with Crippen LogP contribution in [-0.4, -0.2) is 51.6 Å². The number of hydrogen-bond donors (Lipinski definition) is 3. The first-order valence-corrected chi connectivity index (χ1v) is 13.6. The molecule has 0 spiro atoms. The Hall–Kier alpha value is -4.96. The maximum Gasteiger partial charge on any atom is 0.408 e. The standard InChI is InChI=1S/C32H32N4O6/c1-20(41-18-21-10-4-3-5-11-21)28(31(38)39)34-30(37)29(27-16-17-33-36(27)2)35-32(40)42-19-26-24-14-8-6-12-22(24)23-13-7-9-15-25(23)26/h3-17,20,26,28-29H,18-19H2,1-2H3,(H,34,37)(H,35,40)(H,38,39)/t20-,28+,29?/m1/s1. The number of alkyl carbamates (subject to hydrolysis) is 1. The number of benzene rings is 3. The predicted molar refractivity (Wildman–Crippen MR) is 154 cm³/mol. The monoisotopic (exact) mass is 568 g/mol. The molecule has 10 heteroatoms. The van der Waals surface area contributed by atoms with Gasteiger partial charge in [-0.3, -0.25) is 9.48 Å². The van der Waals surface area contributed by atoms with Crippen molar-refractivity contribution >= 4 is 18.0 Å². The molecular weight excluding hydrogens is 536 g/mol. The molecule has 1 aromatic heterocycles. The second-order valence-corrected chi connectivity index (χ2v) is 10.1. The lowest BCUT2D eigenvalue weighted by atomic mass is 9.98. The van der Waals surface area contributed by atoms with Gasteiger partial charge < -0.3 is 25.2 Å². The highest BCUT2D eigenvalue weighted by molar-refractivity contribution is 5.90. The summed E-state index contributed by atoms with van der Waals surface area (Å²) in [5.41, 5.74) is 5.52. The highest BCUT2D eigenvalue weighted by Gasteiger charge is 2.34. The highest BCUT2D eigenvalue weighted by Crippen LogP contribution is 2.44. The first-order valence-electron chi connectivity index (χ1n) is 13.6. The summed E-state index contributed by atoms with van der Waals surface area (Å²) in [6, 6.07) is 24.2. The third kappa shape index (κ3) is 6.18. The maximum absolute atomic E-state index is 13.5. The summed E-state index contributed by atoms with van der Waals surface area (Å²) < 4.78 is 12.8. The van der Waals surface area contributed by atoms with Crippen molar-refractivity contribution in [1.82, 2.24) is 20.4 Å². The number of aromatic nitrogens is 2. The van der Waals surface area contributed by atoms with E-state index in [2.05, 4.69) is 15.7 Å². The van der Waals surface area contributed by atoms with Crippen LogP contribution >= 0.6 is 0 Å². The summed E-state index contributed by atoms with van der Waals surface area (Å²) in [5, 5.41) is 19.1. The average Bonchev–Trinajstić information content (AvgIpc) is 3.57. The lowest BCUT2D eigenvalue weighted by Crippen LogP contribution is -2.52. The number of ether oxygens (including phenoxy) is 2. The van der Waals surface area contributed by atoms with Crippen LogP contribution in [0.2, 0.25) is 0 Å². The third-order valence-corrected chi connectivity index (χ3v) is 7.41. The summed E-state index contributed by atoms with van der Waals surface area (Å²) >= 11 is 0. The molecule has 10 nitrogen and oxygen atoms in total. The number of fused-ring (bicyclic) bond motifs is 3. The maximum atomic E-state index is 13.5. The average molecular weight is 569 g/mol. The molecule has 2 amide bonds. The molecule has 4 aromatic rings. The third-order valence-electron chi connectivity index (χ3n) is 7.41. The lowest BCUT2D eigenvalue weighted by molar-refractivity contribution is -0.146. The number of nitrogens with zero attached hydrogens (tertiary/aromatic N) is 2. The van der Waals surface area contributed by atoms with Gasteiger partial charge in [0.1, 0.15) is 6.61 Å². The Morgan fingerprint density at radius 2 is 1.52 bits per heavy atom. The van der Waals surface area contributed by atoms with E-state index in [-0.39, 0.29) is 19.1 Å². The molecule has 0 saturated heterocycles. The van der Waals surface area contributed by atoms with E-state index >= 15 is 0 Å². The van der Waals surface area contributed by atoms with Gasteiger partial charge in [-0.25, -0.2) is 9.59 Å². The molecular formula is C32H32N4O6. The van der Waals surface area contributed by atoms with Crippen LogP contribution in [0.15, 0.2) is 91.1 Å². The minimum Gasteiger partial charge on any atom is -0.480 e. The van der Waals surface area contributed by atoms with Crippen LogP contribution in [0.4, 0.5) is 4.79 Å². The second kappa shape index (κ2) is 12.7. The van der Waals surface area contributed by atoms with Crippen molar-refractivity contribution in [2.45, 2.75) is 37.6 Å². The SMILES string of the molecule is C[C@@H](OCc1ccccc1)[C@H](NC(=O)C(NC(=O)OCC1c2ccccc2-c2ccccc21)c1ccnn1C)C(=O)O. The van der Waals surface area contributed by atoms with Crippen molar-refractivity contribution in [3.05, 3.63) is 114 Å². The molecule has 0 bridgehead atoms. The zero-order valence-electron chi connectivity index (χ0n) is 23.3. The number of amides is 2. The highest BCUT2D eigenvalue weighted by atomic mass is 16.5. The molecule has 0 saturated carbocycles. The van der Waals surface area contributed by atoms with E-state index in [0.29, 0.717) is 5.69 Å². The fourth-order valence-electron chi connectivity index (χ4n) is 5.21. The van der Waals surface area contributed by atoms with Crippen LogP contribution in [0.3, 0.4) is 0 Å². The first kappa shape index (κ1) is 28.6. The van der Waals surface area contributed by atoms with Crippen molar-refractivity contribution in [3.63, 3.8) is 0 Å². The smallest absolute Gasteiger partial charge is 0.408 e. The molecule has 0 fully saturated rings. The zero-order valence-corrected chi connectivity index (χ0v) is 23.3. The minimum atomic E-state index is -1.37. The Morgan fingerprint density at radius 3 is 2.12 bits per heavy atom. The van der Waals surface area contributed by atoms with Gasteiger partial charge in [-0.15, -0.1) is 0 Å². The lowest BCUT2D eigenvalue weighted by Gasteiger charge is -2.25. The Morgan fingerprint density at radius 1 is 0.905 bits per heavy atom. The molecule has 5 rings (SSSR count). The van der Waals surface area contributed by atoms with Crippen LogP contribution in [0.5, 0.6) is 0 Å². The molecule has 1 unspecified atom stereocenters. The Bertz CT molecular complexity index is 1520. The number of nitrogens with one attached hydrogen (secondary N) is 2. The number of hydrogen-bond acceptors (Lipinski definition) is 6. The van der Waals surface area contributed by atoms with E-state index in [1.807, 2.05) is 78.9 Å². The number of aryl methyl sites for hydroxylation is 1. The quantitative estimate of drug-likeness (QED) is 0.247. The van der Waals surface area contributed by atoms with Gasteiger partial charge in [0.05, 0.1) is 18.4 Å². The first-order chi connectivity index (χ1) is 20.3. The number of carboxylic acid groups (broad SMARTS) is 1. The van der Waals surface area contributed by atoms with E-state index in [0.717, 1.165) is 27.8 Å². The number of carbonyl (C=O) groups is 3. The van der Waals surface area contributed by atoms with E-state index < -0.39 is 36.2 Å². The van der Waals surface area contributed by atoms with Crippen LogP contribution in [0.25, 0.3) is 11.1 Å². The summed E-state index contributed by atoms with van der Waals surface area (Å²) in [7, 11) is 1.62. The Labute approximate surface area is 243 Å². The van der Waals surface area contributed by atoms with E-state index in [4.69, 9.17) is 9.47 Å². The van der Waals surface area contributed by atoms with Gasteiger partial charge >= 0.3 is 12.1 Å². The minimum absolute atomic E-state index is 0.0572. The molecule has 1 aliphatic rings. The van der Waals surface area contributed by atoms with Gasteiger partial charge in [0, 0.05) is 19.2 Å². The summed E-state index contributed by atoms with van der Waals surface area (Å²) in [5.74, 6) is -2.17. The summed E-state index contributed by atoms with van der Waals surface area (Å²) in [6.07, 6.45) is -0.207. The van der Waals surface area contributed by atoms with Crippen molar-refractivity contribution in [3.8, 4) is 11.1 Å². The Kier molecular flexibility index (Phi) is 8.63.